The molecule has 0 N–H and O–H groups in total. The molecule has 0 heterocycles. The third-order valence-electron chi connectivity index (χ3n) is 2.35. The lowest BCUT2D eigenvalue weighted by atomic mass is 9.95. The minimum atomic E-state index is -0.377. The van der Waals surface area contributed by atoms with Gasteiger partial charge in [-0.15, -0.1) is 0 Å². The molecule has 0 amide bonds. The highest BCUT2D eigenvalue weighted by Crippen LogP contribution is 2.28. The zero-order valence-corrected chi connectivity index (χ0v) is 8.51. The highest BCUT2D eigenvalue weighted by atomic mass is 16.6. The molecule has 0 fully saturated rings. The molecular formula is C11H12N2O2. The first-order valence-corrected chi connectivity index (χ1v) is 4.77. The van der Waals surface area contributed by atoms with E-state index in [1.54, 1.807) is 18.2 Å². The van der Waals surface area contributed by atoms with Crippen LogP contribution in [0.3, 0.4) is 0 Å². The molecule has 1 aromatic carbocycles. The fourth-order valence-electron chi connectivity index (χ4n) is 1.51. The summed E-state index contributed by atoms with van der Waals surface area (Å²) in [5.74, 6) is 0.0475. The third kappa shape index (κ3) is 2.78. The summed E-state index contributed by atoms with van der Waals surface area (Å²) in [5.41, 5.74) is 0.848. The van der Waals surface area contributed by atoms with Crippen LogP contribution < -0.4 is 0 Å². The number of hydrogen-bond acceptors (Lipinski definition) is 3. The van der Waals surface area contributed by atoms with E-state index in [1.807, 2.05) is 13.0 Å². The van der Waals surface area contributed by atoms with Gasteiger partial charge in [0.15, 0.2) is 0 Å². The second kappa shape index (κ2) is 5.11. The number of rotatable bonds is 4. The van der Waals surface area contributed by atoms with Crippen LogP contribution in [-0.4, -0.2) is 4.92 Å². The van der Waals surface area contributed by atoms with E-state index in [2.05, 4.69) is 0 Å². The van der Waals surface area contributed by atoms with E-state index in [-0.39, 0.29) is 16.5 Å². The molecule has 1 unspecified atom stereocenters. The van der Waals surface area contributed by atoms with Gasteiger partial charge in [-0.2, -0.15) is 5.26 Å². The van der Waals surface area contributed by atoms with Crippen molar-refractivity contribution in [3.63, 3.8) is 0 Å². The molecular weight excluding hydrogens is 192 g/mol. The molecule has 0 bridgehead atoms. The van der Waals surface area contributed by atoms with Gasteiger partial charge in [0.1, 0.15) is 0 Å². The molecule has 0 aliphatic carbocycles. The number of para-hydroxylation sites is 1. The molecule has 78 valence electrons. The molecule has 1 rings (SSSR count). The minimum absolute atomic E-state index is 0.0475. The Morgan fingerprint density at radius 1 is 1.53 bits per heavy atom. The van der Waals surface area contributed by atoms with Crippen molar-refractivity contribution >= 4 is 5.69 Å². The Balaban J connectivity index is 2.93. The summed E-state index contributed by atoms with van der Waals surface area (Å²) in [4.78, 5) is 10.4. The lowest BCUT2D eigenvalue weighted by Gasteiger charge is -2.09. The SMILES string of the molecule is CC(CCC#N)c1ccccc1[N+](=O)[O-]. The second-order valence-corrected chi connectivity index (χ2v) is 3.41. The summed E-state index contributed by atoms with van der Waals surface area (Å²) in [6.07, 6.45) is 1.08. The van der Waals surface area contributed by atoms with E-state index in [0.717, 1.165) is 0 Å². The lowest BCUT2D eigenvalue weighted by Crippen LogP contribution is -1.99. The van der Waals surface area contributed by atoms with E-state index in [9.17, 15) is 10.1 Å². The zero-order valence-electron chi connectivity index (χ0n) is 8.51. The maximum Gasteiger partial charge on any atom is 0.272 e. The first kappa shape index (κ1) is 11.2. The average molecular weight is 204 g/mol. The molecule has 0 saturated heterocycles. The summed E-state index contributed by atoms with van der Waals surface area (Å²) in [6.45, 7) is 1.90. The van der Waals surface area contributed by atoms with Crippen LogP contribution in [0.15, 0.2) is 24.3 Å². The zero-order chi connectivity index (χ0) is 11.3. The Kier molecular flexibility index (Phi) is 3.81. The first-order chi connectivity index (χ1) is 7.16. The van der Waals surface area contributed by atoms with E-state index < -0.39 is 0 Å². The first-order valence-electron chi connectivity index (χ1n) is 4.77. The van der Waals surface area contributed by atoms with Crippen molar-refractivity contribution in [1.29, 1.82) is 5.26 Å². The Hall–Kier alpha value is -1.89. The van der Waals surface area contributed by atoms with Crippen molar-refractivity contribution in [3.8, 4) is 6.07 Å². The van der Waals surface area contributed by atoms with Crippen LogP contribution in [0.4, 0.5) is 5.69 Å². The Morgan fingerprint density at radius 2 is 2.20 bits per heavy atom. The smallest absolute Gasteiger partial charge is 0.258 e. The summed E-state index contributed by atoms with van der Waals surface area (Å²) >= 11 is 0. The van der Waals surface area contributed by atoms with Gasteiger partial charge in [0.25, 0.3) is 5.69 Å². The summed E-state index contributed by atoms with van der Waals surface area (Å²) < 4.78 is 0. The van der Waals surface area contributed by atoms with E-state index in [1.165, 1.54) is 6.07 Å². The third-order valence-corrected chi connectivity index (χ3v) is 2.35. The molecule has 0 aliphatic heterocycles. The lowest BCUT2D eigenvalue weighted by molar-refractivity contribution is -0.385. The maximum absolute atomic E-state index is 10.7. The van der Waals surface area contributed by atoms with Crippen LogP contribution in [0.1, 0.15) is 31.2 Å². The molecule has 1 aromatic rings. The van der Waals surface area contributed by atoms with Gasteiger partial charge in [0, 0.05) is 18.1 Å². The van der Waals surface area contributed by atoms with Gasteiger partial charge in [0.2, 0.25) is 0 Å². The largest absolute Gasteiger partial charge is 0.272 e. The number of nitriles is 1. The highest BCUT2D eigenvalue weighted by Gasteiger charge is 2.17. The highest BCUT2D eigenvalue weighted by molar-refractivity contribution is 5.41. The summed E-state index contributed by atoms with van der Waals surface area (Å²) in [5, 5.41) is 19.2. The maximum atomic E-state index is 10.7. The van der Waals surface area contributed by atoms with E-state index >= 15 is 0 Å². The Bertz CT molecular complexity index is 396. The predicted octanol–water partition coefficient (Wildman–Crippen LogP) is 3.00. The topological polar surface area (TPSA) is 66.9 Å². The summed E-state index contributed by atoms with van der Waals surface area (Å²) in [7, 11) is 0. The Morgan fingerprint density at radius 3 is 2.80 bits per heavy atom. The molecule has 0 saturated carbocycles. The predicted molar refractivity (Wildman–Crippen MR) is 56.4 cm³/mol. The van der Waals surface area contributed by atoms with Crippen molar-refractivity contribution in [1.82, 2.24) is 0 Å². The number of nitro groups is 1. The van der Waals surface area contributed by atoms with Crippen LogP contribution in [0.2, 0.25) is 0 Å². The van der Waals surface area contributed by atoms with E-state index in [0.29, 0.717) is 18.4 Å². The number of nitro benzene ring substituents is 1. The quantitative estimate of drug-likeness (QED) is 0.559. The van der Waals surface area contributed by atoms with Crippen LogP contribution >= 0.6 is 0 Å². The van der Waals surface area contributed by atoms with Gasteiger partial charge >= 0.3 is 0 Å². The number of hydrogen-bond donors (Lipinski definition) is 0. The van der Waals surface area contributed by atoms with Crippen molar-refractivity contribution in [2.75, 3.05) is 0 Å². The van der Waals surface area contributed by atoms with Crippen LogP contribution in [-0.2, 0) is 0 Å². The van der Waals surface area contributed by atoms with Gasteiger partial charge in [-0.1, -0.05) is 25.1 Å². The van der Waals surface area contributed by atoms with Crippen molar-refractivity contribution in [2.45, 2.75) is 25.7 Å². The number of nitrogens with zero attached hydrogens (tertiary/aromatic N) is 2. The van der Waals surface area contributed by atoms with Gasteiger partial charge in [0.05, 0.1) is 11.0 Å². The number of benzene rings is 1. The van der Waals surface area contributed by atoms with Crippen molar-refractivity contribution in [3.05, 3.63) is 39.9 Å². The van der Waals surface area contributed by atoms with Crippen molar-refractivity contribution in [2.24, 2.45) is 0 Å². The fourth-order valence-corrected chi connectivity index (χ4v) is 1.51. The molecule has 0 aromatic heterocycles. The van der Waals surface area contributed by atoms with Gasteiger partial charge in [-0.05, 0) is 12.3 Å². The second-order valence-electron chi connectivity index (χ2n) is 3.41. The molecule has 0 aliphatic rings. The molecule has 4 heteroatoms. The molecule has 15 heavy (non-hydrogen) atoms. The van der Waals surface area contributed by atoms with Gasteiger partial charge in [-0.25, -0.2) is 0 Å². The molecule has 1 atom stereocenters. The molecule has 0 spiro atoms. The monoisotopic (exact) mass is 204 g/mol. The fraction of sp³-hybridized carbons (Fsp3) is 0.364. The van der Waals surface area contributed by atoms with Crippen molar-refractivity contribution < 1.29 is 4.92 Å². The normalized spacial score (nSPS) is 11.7. The minimum Gasteiger partial charge on any atom is -0.258 e. The van der Waals surface area contributed by atoms with Crippen LogP contribution in [0.25, 0.3) is 0 Å². The van der Waals surface area contributed by atoms with E-state index in [4.69, 9.17) is 5.26 Å². The van der Waals surface area contributed by atoms with Gasteiger partial charge < -0.3 is 0 Å². The van der Waals surface area contributed by atoms with Crippen LogP contribution in [0, 0.1) is 21.4 Å². The average Bonchev–Trinajstić information content (AvgIpc) is 2.25. The summed E-state index contributed by atoms with van der Waals surface area (Å²) in [6, 6.07) is 8.73. The Labute approximate surface area is 88.3 Å². The standard InChI is InChI=1S/C11H12N2O2/c1-9(5-4-8-12)10-6-2-3-7-11(10)13(14)15/h2-3,6-7,9H,4-5H2,1H3. The van der Waals surface area contributed by atoms with Gasteiger partial charge in [-0.3, -0.25) is 10.1 Å². The van der Waals surface area contributed by atoms with Crippen LogP contribution in [0.5, 0.6) is 0 Å². The molecule has 0 radical (unpaired) electrons. The molecule has 4 nitrogen and oxygen atoms in total.